The van der Waals surface area contributed by atoms with Gasteiger partial charge in [0.2, 0.25) is 0 Å². The van der Waals surface area contributed by atoms with Crippen molar-refractivity contribution >= 4 is 27.5 Å². The number of carbonyl (C=O) groups is 1. The zero-order valence-electron chi connectivity index (χ0n) is 10.8. The highest BCUT2D eigenvalue weighted by Crippen LogP contribution is 2.27. The summed E-state index contributed by atoms with van der Waals surface area (Å²) < 4.78 is 23.5. The molecule has 1 fully saturated rings. The fraction of sp³-hybridized carbons (Fsp3) is 0.417. The number of phenolic OH excluding ortho intramolecular Hbond substituents is 2. The maximum absolute atomic E-state index is 12.4. The van der Waals surface area contributed by atoms with Crippen LogP contribution in [-0.4, -0.2) is 59.1 Å². The van der Waals surface area contributed by atoms with Crippen molar-refractivity contribution in [3.05, 3.63) is 23.8 Å². The summed E-state index contributed by atoms with van der Waals surface area (Å²) in [5, 5.41) is 18.1. The molecule has 6 nitrogen and oxygen atoms in total. The Morgan fingerprint density at radius 3 is 2.70 bits per heavy atom. The summed E-state index contributed by atoms with van der Waals surface area (Å²) in [5.41, 5.74) is -0.0108. The van der Waals surface area contributed by atoms with Gasteiger partial charge in [-0.2, -0.15) is 11.8 Å². The van der Waals surface area contributed by atoms with Gasteiger partial charge in [-0.05, 0) is 12.1 Å². The molecule has 0 aliphatic carbocycles. The summed E-state index contributed by atoms with van der Waals surface area (Å²) in [7, 11) is -3.40. The van der Waals surface area contributed by atoms with Gasteiger partial charge in [0.05, 0.1) is 5.56 Å². The molecule has 110 valence electrons. The first-order valence-corrected chi connectivity index (χ1v) is 9.01. The minimum atomic E-state index is -3.40. The van der Waals surface area contributed by atoms with Crippen molar-refractivity contribution in [3.63, 3.8) is 0 Å². The van der Waals surface area contributed by atoms with Gasteiger partial charge in [-0.25, -0.2) is 8.42 Å². The van der Waals surface area contributed by atoms with Gasteiger partial charge in [0.1, 0.15) is 16.9 Å². The molecule has 1 heterocycles. The first-order valence-electron chi connectivity index (χ1n) is 5.90. The number of sulfone groups is 1. The molecule has 1 aliphatic rings. The number of phenols is 2. The van der Waals surface area contributed by atoms with Crippen LogP contribution in [0.5, 0.6) is 11.5 Å². The third kappa shape index (κ3) is 3.01. The van der Waals surface area contributed by atoms with Crippen LogP contribution in [0.2, 0.25) is 0 Å². The molecule has 2 N–H and O–H groups in total. The molecular formula is C12H15NO5S2. The largest absolute Gasteiger partial charge is 0.508 e. The first kappa shape index (κ1) is 15.0. The summed E-state index contributed by atoms with van der Waals surface area (Å²) in [6.45, 7) is 0.307. The molecule has 2 rings (SSSR count). The number of aromatic hydroxyl groups is 2. The van der Waals surface area contributed by atoms with E-state index >= 15 is 0 Å². The van der Waals surface area contributed by atoms with Gasteiger partial charge in [-0.3, -0.25) is 4.79 Å². The van der Waals surface area contributed by atoms with Crippen LogP contribution in [-0.2, 0) is 9.84 Å². The Labute approximate surface area is 121 Å². The van der Waals surface area contributed by atoms with Crippen LogP contribution in [0.1, 0.15) is 10.4 Å². The summed E-state index contributed by atoms with van der Waals surface area (Å²) >= 11 is 1.48. The average Bonchev–Trinajstić information content (AvgIpc) is 2.37. The lowest BCUT2D eigenvalue weighted by molar-refractivity contribution is 0.0746. The highest BCUT2D eigenvalue weighted by atomic mass is 32.2. The van der Waals surface area contributed by atoms with Crippen molar-refractivity contribution in [2.45, 2.75) is 5.37 Å². The second-order valence-electron chi connectivity index (χ2n) is 4.56. The second kappa shape index (κ2) is 5.53. The van der Waals surface area contributed by atoms with E-state index in [0.717, 1.165) is 12.3 Å². The van der Waals surface area contributed by atoms with Crippen LogP contribution in [0, 0.1) is 0 Å². The fourth-order valence-corrected chi connectivity index (χ4v) is 4.84. The van der Waals surface area contributed by atoms with Crippen molar-refractivity contribution in [2.24, 2.45) is 0 Å². The number of benzene rings is 1. The summed E-state index contributed by atoms with van der Waals surface area (Å²) in [6.07, 6.45) is 1.10. The molecule has 1 aliphatic heterocycles. The fourth-order valence-electron chi connectivity index (χ4n) is 2.02. The monoisotopic (exact) mass is 317 g/mol. The maximum Gasteiger partial charge on any atom is 0.258 e. The van der Waals surface area contributed by atoms with Gasteiger partial charge in [-0.1, -0.05) is 0 Å². The van der Waals surface area contributed by atoms with Crippen molar-refractivity contribution in [2.75, 3.05) is 24.3 Å². The number of carbonyl (C=O) groups excluding carboxylic acids is 1. The standard InChI is InChI=1S/C12H15NO5S2/c1-20(17,18)11-7-19-5-4-13(11)12(16)9-3-2-8(14)6-10(9)15/h2-3,6,11,14-15H,4-5,7H2,1H3. The summed E-state index contributed by atoms with van der Waals surface area (Å²) in [4.78, 5) is 13.7. The number of thioether (sulfide) groups is 1. The smallest absolute Gasteiger partial charge is 0.258 e. The third-order valence-corrected chi connectivity index (χ3v) is 5.69. The quantitative estimate of drug-likeness (QED) is 0.832. The number of amides is 1. The zero-order chi connectivity index (χ0) is 14.9. The predicted octanol–water partition coefficient (Wildman–Crippen LogP) is 0.657. The molecule has 8 heteroatoms. The Morgan fingerprint density at radius 2 is 2.10 bits per heavy atom. The van der Waals surface area contributed by atoms with Gasteiger partial charge in [0, 0.05) is 30.4 Å². The van der Waals surface area contributed by atoms with Crippen LogP contribution in [0.4, 0.5) is 0 Å². The molecule has 0 saturated carbocycles. The normalized spacial score (nSPS) is 19.9. The molecule has 1 aromatic rings. The molecule has 1 atom stereocenters. The van der Waals surface area contributed by atoms with Gasteiger partial charge in [0.25, 0.3) is 5.91 Å². The van der Waals surface area contributed by atoms with E-state index in [1.54, 1.807) is 0 Å². The van der Waals surface area contributed by atoms with Crippen molar-refractivity contribution in [1.82, 2.24) is 4.90 Å². The molecule has 0 radical (unpaired) electrons. The van der Waals surface area contributed by atoms with Crippen LogP contribution < -0.4 is 0 Å². The molecule has 20 heavy (non-hydrogen) atoms. The zero-order valence-corrected chi connectivity index (χ0v) is 12.4. The molecule has 1 saturated heterocycles. The lowest BCUT2D eigenvalue weighted by Crippen LogP contribution is -2.49. The third-order valence-electron chi connectivity index (χ3n) is 3.05. The van der Waals surface area contributed by atoms with Crippen molar-refractivity contribution in [1.29, 1.82) is 0 Å². The predicted molar refractivity (Wildman–Crippen MR) is 76.8 cm³/mol. The Hall–Kier alpha value is -1.41. The minimum Gasteiger partial charge on any atom is -0.508 e. The van der Waals surface area contributed by atoms with E-state index < -0.39 is 21.1 Å². The van der Waals surface area contributed by atoms with E-state index in [4.69, 9.17) is 0 Å². The Balaban J connectivity index is 2.35. The van der Waals surface area contributed by atoms with Gasteiger partial charge in [0.15, 0.2) is 9.84 Å². The Bertz CT molecular complexity index is 629. The van der Waals surface area contributed by atoms with Gasteiger partial charge in [-0.15, -0.1) is 0 Å². The molecule has 0 bridgehead atoms. The first-order chi connectivity index (χ1) is 9.30. The van der Waals surface area contributed by atoms with E-state index in [1.165, 1.54) is 28.8 Å². The van der Waals surface area contributed by atoms with Gasteiger partial charge < -0.3 is 15.1 Å². The number of hydrogen-bond donors (Lipinski definition) is 2. The molecular weight excluding hydrogens is 302 g/mol. The number of rotatable bonds is 2. The maximum atomic E-state index is 12.4. The number of nitrogens with zero attached hydrogens (tertiary/aromatic N) is 1. The lowest BCUT2D eigenvalue weighted by Gasteiger charge is -2.34. The Morgan fingerprint density at radius 1 is 1.40 bits per heavy atom. The van der Waals surface area contributed by atoms with E-state index in [-0.39, 0.29) is 17.1 Å². The summed E-state index contributed by atoms with van der Waals surface area (Å²) in [6, 6.07) is 3.62. The van der Waals surface area contributed by atoms with E-state index in [9.17, 15) is 23.4 Å². The van der Waals surface area contributed by atoms with E-state index in [0.29, 0.717) is 18.1 Å². The molecule has 0 aromatic heterocycles. The van der Waals surface area contributed by atoms with E-state index in [1.807, 2.05) is 0 Å². The lowest BCUT2D eigenvalue weighted by atomic mass is 10.1. The molecule has 1 amide bonds. The van der Waals surface area contributed by atoms with Crippen LogP contribution >= 0.6 is 11.8 Å². The topological polar surface area (TPSA) is 94.9 Å². The molecule has 1 aromatic carbocycles. The average molecular weight is 317 g/mol. The SMILES string of the molecule is CS(=O)(=O)C1CSCCN1C(=O)c1ccc(O)cc1O. The minimum absolute atomic E-state index is 0.0108. The second-order valence-corrected chi connectivity index (χ2v) is 7.91. The van der Waals surface area contributed by atoms with Crippen LogP contribution in [0.25, 0.3) is 0 Å². The van der Waals surface area contributed by atoms with Crippen molar-refractivity contribution in [3.8, 4) is 11.5 Å². The highest BCUT2D eigenvalue weighted by Gasteiger charge is 2.35. The van der Waals surface area contributed by atoms with E-state index in [2.05, 4.69) is 0 Å². The Kier molecular flexibility index (Phi) is 4.14. The number of hydrogen-bond acceptors (Lipinski definition) is 6. The molecule has 1 unspecified atom stereocenters. The highest BCUT2D eigenvalue weighted by molar-refractivity contribution is 8.00. The summed E-state index contributed by atoms with van der Waals surface area (Å²) in [5.74, 6) is -0.0911. The van der Waals surface area contributed by atoms with Gasteiger partial charge >= 0.3 is 0 Å². The van der Waals surface area contributed by atoms with Crippen LogP contribution in [0.3, 0.4) is 0 Å². The van der Waals surface area contributed by atoms with Crippen molar-refractivity contribution < 1.29 is 23.4 Å². The molecule has 0 spiro atoms. The van der Waals surface area contributed by atoms with Crippen LogP contribution in [0.15, 0.2) is 18.2 Å².